The van der Waals surface area contributed by atoms with Crippen molar-refractivity contribution in [3.8, 4) is 11.4 Å². The van der Waals surface area contributed by atoms with Crippen LogP contribution in [0.2, 0.25) is 0 Å². The van der Waals surface area contributed by atoms with E-state index in [0.717, 1.165) is 17.3 Å². The number of hydrogen-bond acceptors (Lipinski definition) is 6. The molecule has 1 aromatic carbocycles. The molecule has 6 nitrogen and oxygen atoms in total. The normalized spacial score (nSPS) is 23.1. The molecule has 0 saturated heterocycles. The van der Waals surface area contributed by atoms with Crippen molar-refractivity contribution in [1.29, 1.82) is 0 Å². The molecule has 0 bridgehead atoms. The second-order valence-corrected chi connectivity index (χ2v) is 8.27. The molecule has 1 saturated carbocycles. The minimum atomic E-state index is -4.44. The fourth-order valence-corrected chi connectivity index (χ4v) is 4.56. The molecule has 9 heteroatoms. The fraction of sp³-hybridized carbons (Fsp3) is 0.375. The Kier molecular flexibility index (Phi) is 7.02. The molecule has 1 aliphatic carbocycles. The smallest absolute Gasteiger partial charge is 0.396 e. The maximum Gasteiger partial charge on any atom is 0.416 e. The summed E-state index contributed by atoms with van der Waals surface area (Å²) in [5.74, 6) is -0.0971. The summed E-state index contributed by atoms with van der Waals surface area (Å²) in [5, 5.41) is 23.6. The largest absolute Gasteiger partial charge is 0.416 e. The van der Waals surface area contributed by atoms with E-state index in [1.165, 1.54) is 12.1 Å². The van der Waals surface area contributed by atoms with Crippen LogP contribution < -0.4 is 5.32 Å². The third kappa shape index (κ3) is 5.38. The van der Waals surface area contributed by atoms with Gasteiger partial charge in [0.15, 0.2) is 5.82 Å². The van der Waals surface area contributed by atoms with Crippen LogP contribution in [0.1, 0.15) is 23.2 Å². The average molecular weight is 458 g/mol. The van der Waals surface area contributed by atoms with Crippen LogP contribution in [0.4, 0.5) is 13.2 Å². The second kappa shape index (κ2) is 9.94. The number of aliphatic hydroxyl groups excluding tert-OH is 2. The predicted molar refractivity (Wildman–Crippen MR) is 116 cm³/mol. The van der Waals surface area contributed by atoms with Crippen LogP contribution in [0.25, 0.3) is 11.4 Å². The van der Waals surface area contributed by atoms with Crippen molar-refractivity contribution in [2.75, 3.05) is 6.61 Å². The zero-order valence-corrected chi connectivity index (χ0v) is 17.8. The van der Waals surface area contributed by atoms with Crippen molar-refractivity contribution in [2.45, 2.75) is 37.7 Å². The van der Waals surface area contributed by atoms with Crippen LogP contribution in [-0.4, -0.2) is 43.9 Å². The third-order valence-electron chi connectivity index (χ3n) is 6.22. The van der Waals surface area contributed by atoms with Gasteiger partial charge in [0.2, 0.25) is 0 Å². The molecule has 4 rings (SSSR count). The molecule has 0 spiro atoms. The maximum absolute atomic E-state index is 13.4. The van der Waals surface area contributed by atoms with E-state index in [2.05, 4.69) is 20.3 Å². The molecule has 3 aromatic rings. The van der Waals surface area contributed by atoms with Crippen molar-refractivity contribution in [3.63, 3.8) is 0 Å². The highest BCUT2D eigenvalue weighted by molar-refractivity contribution is 5.52. The van der Waals surface area contributed by atoms with Crippen LogP contribution in [0.3, 0.4) is 0 Å². The first-order valence-electron chi connectivity index (χ1n) is 10.8. The summed E-state index contributed by atoms with van der Waals surface area (Å²) in [4.78, 5) is 13.0. The van der Waals surface area contributed by atoms with Crippen LogP contribution in [0, 0.1) is 11.8 Å². The quantitative estimate of drug-likeness (QED) is 0.504. The number of nitrogens with one attached hydrogen (secondary N) is 1. The molecule has 33 heavy (non-hydrogen) atoms. The number of aliphatic hydroxyl groups is 2. The number of benzene rings is 1. The molecule has 0 amide bonds. The zero-order valence-electron chi connectivity index (χ0n) is 17.8. The van der Waals surface area contributed by atoms with Gasteiger partial charge in [0.25, 0.3) is 0 Å². The van der Waals surface area contributed by atoms with Crippen LogP contribution in [0.5, 0.6) is 0 Å². The molecule has 4 atom stereocenters. The number of nitrogens with zero attached hydrogens (tertiary/aromatic N) is 3. The molecule has 2 heterocycles. The van der Waals surface area contributed by atoms with Gasteiger partial charge in [-0.05, 0) is 48.6 Å². The van der Waals surface area contributed by atoms with Crippen LogP contribution in [-0.2, 0) is 19.1 Å². The summed E-state index contributed by atoms with van der Waals surface area (Å²) in [6.07, 6.45) is 0.552. The molecule has 0 radical (unpaired) electrons. The lowest BCUT2D eigenvalue weighted by molar-refractivity contribution is -0.138. The summed E-state index contributed by atoms with van der Waals surface area (Å²) in [5.41, 5.74) is 0.960. The van der Waals surface area contributed by atoms with Crippen LogP contribution >= 0.6 is 0 Å². The maximum atomic E-state index is 13.4. The Morgan fingerprint density at radius 2 is 1.85 bits per heavy atom. The second-order valence-electron chi connectivity index (χ2n) is 8.27. The van der Waals surface area contributed by atoms with Gasteiger partial charge in [0.1, 0.15) is 0 Å². The Bertz CT molecular complexity index is 1060. The molecular formula is C24H25F3N4O2. The average Bonchev–Trinajstić information content (AvgIpc) is 3.11. The van der Waals surface area contributed by atoms with Gasteiger partial charge in [-0.1, -0.05) is 18.2 Å². The number of alkyl halides is 3. The van der Waals surface area contributed by atoms with Crippen molar-refractivity contribution < 1.29 is 23.4 Å². The first-order valence-corrected chi connectivity index (χ1v) is 10.8. The first-order chi connectivity index (χ1) is 15.9. The molecule has 0 aliphatic heterocycles. The minimum absolute atomic E-state index is 0.00638. The van der Waals surface area contributed by atoms with E-state index in [-0.39, 0.29) is 30.7 Å². The number of rotatable bonds is 7. The van der Waals surface area contributed by atoms with Crippen molar-refractivity contribution >= 4 is 0 Å². The van der Waals surface area contributed by atoms with Gasteiger partial charge < -0.3 is 15.5 Å². The van der Waals surface area contributed by atoms with Gasteiger partial charge in [-0.3, -0.25) is 4.98 Å². The monoisotopic (exact) mass is 458 g/mol. The van der Waals surface area contributed by atoms with E-state index in [1.54, 1.807) is 36.8 Å². The summed E-state index contributed by atoms with van der Waals surface area (Å²) in [6.45, 7) is -0.212. The SMILES string of the molecule is OCC1C(O)CC(NCc2ccccc2C(F)(F)F)C1Cc1ccnc(-c2cccnc2)n1. The lowest BCUT2D eigenvalue weighted by Gasteiger charge is -2.25. The molecular weight excluding hydrogens is 433 g/mol. The fourth-order valence-electron chi connectivity index (χ4n) is 4.56. The van der Waals surface area contributed by atoms with E-state index < -0.39 is 23.8 Å². The summed E-state index contributed by atoms with van der Waals surface area (Å²) in [7, 11) is 0. The molecule has 1 aliphatic rings. The van der Waals surface area contributed by atoms with E-state index in [0.29, 0.717) is 18.7 Å². The first kappa shape index (κ1) is 23.3. The number of aromatic nitrogens is 3. The minimum Gasteiger partial charge on any atom is -0.396 e. The highest BCUT2D eigenvalue weighted by Crippen LogP contribution is 2.36. The molecule has 4 unspecified atom stereocenters. The van der Waals surface area contributed by atoms with Gasteiger partial charge >= 0.3 is 6.18 Å². The van der Waals surface area contributed by atoms with Gasteiger partial charge in [0, 0.05) is 55.0 Å². The standard InChI is InChI=1S/C24H25F3N4O2/c25-24(26,27)20-6-2-1-4-15(20)13-30-21-11-22(33)19(14-32)18(21)10-17-7-9-29-23(31-17)16-5-3-8-28-12-16/h1-9,12,18-19,21-22,30,32-33H,10-11,13-14H2. The van der Waals surface area contributed by atoms with Crippen molar-refractivity contribution in [2.24, 2.45) is 11.8 Å². The Morgan fingerprint density at radius 3 is 2.58 bits per heavy atom. The Morgan fingerprint density at radius 1 is 1.03 bits per heavy atom. The molecule has 2 aromatic heterocycles. The molecule has 174 valence electrons. The van der Waals surface area contributed by atoms with E-state index in [9.17, 15) is 23.4 Å². The number of halogens is 3. The Hall–Kier alpha value is -2.88. The summed E-state index contributed by atoms with van der Waals surface area (Å²) < 4.78 is 40.1. The molecule has 3 N–H and O–H groups in total. The van der Waals surface area contributed by atoms with Crippen molar-refractivity contribution in [1.82, 2.24) is 20.3 Å². The van der Waals surface area contributed by atoms with E-state index >= 15 is 0 Å². The van der Waals surface area contributed by atoms with Gasteiger partial charge in [-0.15, -0.1) is 0 Å². The Balaban J connectivity index is 1.53. The highest BCUT2D eigenvalue weighted by atomic mass is 19.4. The molecule has 1 fully saturated rings. The number of hydrogen-bond donors (Lipinski definition) is 3. The van der Waals surface area contributed by atoms with E-state index in [1.807, 2.05) is 6.07 Å². The predicted octanol–water partition coefficient (Wildman–Crippen LogP) is 3.25. The highest BCUT2D eigenvalue weighted by Gasteiger charge is 2.42. The lowest BCUT2D eigenvalue weighted by atomic mass is 9.88. The number of pyridine rings is 1. The van der Waals surface area contributed by atoms with Gasteiger partial charge in [0.05, 0.1) is 11.7 Å². The topological polar surface area (TPSA) is 91.2 Å². The summed E-state index contributed by atoms with van der Waals surface area (Å²) in [6, 6.07) is 10.6. The van der Waals surface area contributed by atoms with Gasteiger partial charge in [-0.25, -0.2) is 9.97 Å². The van der Waals surface area contributed by atoms with Crippen molar-refractivity contribution in [3.05, 3.63) is 77.9 Å². The lowest BCUT2D eigenvalue weighted by Crippen LogP contribution is -2.36. The third-order valence-corrected chi connectivity index (χ3v) is 6.22. The Labute approximate surface area is 189 Å². The van der Waals surface area contributed by atoms with E-state index in [4.69, 9.17) is 0 Å². The van der Waals surface area contributed by atoms with Crippen LogP contribution in [0.15, 0.2) is 61.1 Å². The van der Waals surface area contributed by atoms with Gasteiger partial charge in [-0.2, -0.15) is 13.2 Å². The summed E-state index contributed by atoms with van der Waals surface area (Å²) >= 11 is 0. The zero-order chi connectivity index (χ0) is 23.4.